The fourth-order valence-electron chi connectivity index (χ4n) is 6.21. The zero-order chi connectivity index (χ0) is 31.6. The maximum absolute atomic E-state index is 14.1. The van der Waals surface area contributed by atoms with E-state index in [0.29, 0.717) is 42.9 Å². The van der Waals surface area contributed by atoms with Gasteiger partial charge in [-0.3, -0.25) is 19.4 Å². The molecule has 0 bridgehead atoms. The zero-order valence-corrected chi connectivity index (χ0v) is 24.3. The highest BCUT2D eigenvalue weighted by Gasteiger charge is 2.50. The summed E-state index contributed by atoms with van der Waals surface area (Å²) in [6, 6.07) is 15.4. The summed E-state index contributed by atoms with van der Waals surface area (Å²) in [5.41, 5.74) is -0.576. The number of halogens is 5. The van der Waals surface area contributed by atoms with Crippen molar-refractivity contribution >= 4 is 17.7 Å². The maximum atomic E-state index is 14.1. The minimum atomic E-state index is -4.40. The molecule has 0 spiro atoms. The molecule has 1 atom stereocenters. The maximum Gasteiger partial charge on any atom is 0.416 e. The number of carbonyl (C=O) groups excluding carboxylic acids is 2. The Bertz CT molecular complexity index is 1470. The highest BCUT2D eigenvalue weighted by atomic mass is 19.4. The van der Waals surface area contributed by atoms with Crippen LogP contribution in [0.5, 0.6) is 0 Å². The average molecular weight is 614 g/mol. The summed E-state index contributed by atoms with van der Waals surface area (Å²) >= 11 is 0. The van der Waals surface area contributed by atoms with E-state index >= 15 is 0 Å². The first-order chi connectivity index (χ1) is 20.9. The van der Waals surface area contributed by atoms with Crippen molar-refractivity contribution in [2.45, 2.75) is 49.9 Å². The second-order valence-electron chi connectivity index (χ2n) is 11.1. The minimum Gasteiger partial charge on any atom is -0.468 e. The van der Waals surface area contributed by atoms with Crippen LogP contribution in [-0.2, 0) is 26.0 Å². The van der Waals surface area contributed by atoms with Gasteiger partial charge < -0.3 is 4.74 Å². The summed E-state index contributed by atoms with van der Waals surface area (Å²) in [6.45, 7) is 2.84. The molecule has 2 aliphatic heterocycles. The first kappa shape index (κ1) is 31.3. The minimum absolute atomic E-state index is 0.0494. The summed E-state index contributed by atoms with van der Waals surface area (Å²) in [6.07, 6.45) is -2.88. The van der Waals surface area contributed by atoms with Crippen molar-refractivity contribution < 1.29 is 36.3 Å². The highest BCUT2D eigenvalue weighted by Crippen LogP contribution is 2.41. The lowest BCUT2D eigenvalue weighted by molar-refractivity contribution is -0.148. The van der Waals surface area contributed by atoms with E-state index in [-0.39, 0.29) is 18.9 Å². The lowest BCUT2D eigenvalue weighted by Gasteiger charge is -2.37. The van der Waals surface area contributed by atoms with Crippen LogP contribution in [0.3, 0.4) is 0 Å². The average Bonchev–Trinajstić information content (AvgIpc) is 3.27. The van der Waals surface area contributed by atoms with Crippen molar-refractivity contribution in [2.75, 3.05) is 26.7 Å². The topological polar surface area (TPSA) is 62.2 Å². The van der Waals surface area contributed by atoms with E-state index in [1.165, 1.54) is 72.7 Å². The summed E-state index contributed by atoms with van der Waals surface area (Å²) in [5.74, 6) is -1.37. The molecule has 3 aromatic carbocycles. The van der Waals surface area contributed by atoms with E-state index in [1.807, 2.05) is 4.90 Å². The molecule has 232 valence electrons. The number of amides is 1. The molecule has 0 aromatic heterocycles. The largest absolute Gasteiger partial charge is 0.468 e. The number of carbonyl (C=O) groups is 2. The number of hydrogen-bond acceptors (Lipinski definition) is 5. The number of ether oxygens (including phenoxy) is 1. The molecule has 2 heterocycles. The van der Waals surface area contributed by atoms with Crippen molar-refractivity contribution in [1.29, 1.82) is 0 Å². The van der Waals surface area contributed by atoms with Gasteiger partial charge in [0.25, 0.3) is 5.91 Å². The van der Waals surface area contributed by atoms with Crippen molar-refractivity contribution in [1.82, 2.24) is 9.80 Å². The van der Waals surface area contributed by atoms with Gasteiger partial charge in [0.15, 0.2) is 5.54 Å². The van der Waals surface area contributed by atoms with Crippen LogP contribution < -0.4 is 0 Å². The van der Waals surface area contributed by atoms with Crippen LogP contribution in [0.15, 0.2) is 77.8 Å². The molecular weight excluding hydrogens is 581 g/mol. The van der Waals surface area contributed by atoms with E-state index in [4.69, 9.17) is 9.73 Å². The van der Waals surface area contributed by atoms with E-state index in [1.54, 1.807) is 6.92 Å². The number of amidine groups is 1. The number of esters is 1. The van der Waals surface area contributed by atoms with E-state index in [9.17, 15) is 31.5 Å². The number of likely N-dealkylation sites (tertiary alicyclic amines) is 1. The van der Waals surface area contributed by atoms with Crippen LogP contribution in [0.1, 0.15) is 54.4 Å². The number of benzene rings is 3. The lowest BCUT2D eigenvalue weighted by Crippen LogP contribution is -2.48. The van der Waals surface area contributed by atoms with Crippen molar-refractivity contribution in [3.05, 3.63) is 107 Å². The predicted octanol–water partition coefficient (Wildman–Crippen LogP) is 6.30. The van der Waals surface area contributed by atoms with Crippen LogP contribution >= 0.6 is 0 Å². The zero-order valence-electron chi connectivity index (χ0n) is 24.3. The lowest BCUT2D eigenvalue weighted by atomic mass is 9.82. The molecular formula is C33H32F5N3O3. The molecule has 11 heteroatoms. The smallest absolute Gasteiger partial charge is 0.416 e. The van der Waals surface area contributed by atoms with Crippen molar-refractivity contribution in [2.24, 2.45) is 4.99 Å². The van der Waals surface area contributed by atoms with Gasteiger partial charge in [0, 0.05) is 6.54 Å². The number of aliphatic imine (C=N–C) groups is 1. The van der Waals surface area contributed by atoms with E-state index in [2.05, 4.69) is 0 Å². The second-order valence-corrected chi connectivity index (χ2v) is 11.1. The third kappa shape index (κ3) is 6.10. The Morgan fingerprint density at radius 1 is 0.932 bits per heavy atom. The van der Waals surface area contributed by atoms with Crippen LogP contribution in [0.2, 0.25) is 0 Å². The molecule has 3 aromatic rings. The molecule has 2 aliphatic rings. The number of alkyl halides is 3. The first-order valence-electron chi connectivity index (χ1n) is 14.3. The number of hydrogen-bond donors (Lipinski definition) is 0. The number of rotatable bonds is 8. The van der Waals surface area contributed by atoms with Gasteiger partial charge in [-0.25, -0.2) is 13.8 Å². The quantitative estimate of drug-likeness (QED) is 0.221. The Labute approximate surface area is 252 Å². The van der Waals surface area contributed by atoms with Crippen molar-refractivity contribution in [3.63, 3.8) is 0 Å². The molecule has 0 N–H and O–H groups in total. The fraction of sp³-hybridized carbons (Fsp3) is 0.364. The number of piperidine rings is 1. The summed E-state index contributed by atoms with van der Waals surface area (Å²) in [4.78, 5) is 35.3. The van der Waals surface area contributed by atoms with Crippen molar-refractivity contribution in [3.8, 4) is 0 Å². The van der Waals surface area contributed by atoms with Gasteiger partial charge >= 0.3 is 12.1 Å². The third-order valence-electron chi connectivity index (χ3n) is 8.58. The molecule has 5 rings (SSSR count). The standard InChI is InChI=1S/C33H32F5N3O3/c1-21-39-32(24-7-11-27(34)12-8-24,25-9-13-28(35)14-10-25)31(43)41(21)20-17-29(30(42)44-2)40-18-15-23(16-19-40)22-3-5-26(6-4-22)33(36,37)38/h3-14,23,29H,15-20H2,1-2H3. The summed E-state index contributed by atoms with van der Waals surface area (Å²) < 4.78 is 71.7. The molecule has 1 saturated heterocycles. The Balaban J connectivity index is 1.31. The van der Waals surface area contributed by atoms with Gasteiger partial charge in [-0.1, -0.05) is 36.4 Å². The molecule has 0 radical (unpaired) electrons. The van der Waals surface area contributed by atoms with Crippen LogP contribution in [0, 0.1) is 11.6 Å². The molecule has 44 heavy (non-hydrogen) atoms. The Hall–Kier alpha value is -4.12. The number of nitrogens with zero attached hydrogens (tertiary/aromatic N) is 3. The monoisotopic (exact) mass is 613 g/mol. The molecule has 0 aliphatic carbocycles. The van der Waals surface area contributed by atoms with Gasteiger partial charge in [-0.15, -0.1) is 0 Å². The fourth-order valence-corrected chi connectivity index (χ4v) is 6.21. The molecule has 1 amide bonds. The van der Waals surface area contributed by atoms with Gasteiger partial charge in [0.1, 0.15) is 23.5 Å². The Morgan fingerprint density at radius 3 is 1.93 bits per heavy atom. The summed E-state index contributed by atoms with van der Waals surface area (Å²) in [5, 5.41) is 0. The van der Waals surface area contributed by atoms with Gasteiger partial charge in [0.05, 0.1) is 12.7 Å². The van der Waals surface area contributed by atoms with Crippen LogP contribution in [0.4, 0.5) is 22.0 Å². The molecule has 1 unspecified atom stereocenters. The molecule has 6 nitrogen and oxygen atoms in total. The normalized spacial score (nSPS) is 18.3. The second kappa shape index (κ2) is 12.5. The third-order valence-corrected chi connectivity index (χ3v) is 8.58. The molecule has 0 saturated carbocycles. The SMILES string of the molecule is COC(=O)C(CCN1C(=O)C(c2ccc(F)cc2)(c2ccc(F)cc2)N=C1C)N1CCC(c2ccc(C(F)(F)F)cc2)CC1. The van der Waals surface area contributed by atoms with Crippen LogP contribution in [0.25, 0.3) is 0 Å². The Kier molecular flexibility index (Phi) is 8.88. The highest BCUT2D eigenvalue weighted by molar-refractivity contribution is 6.09. The van der Waals surface area contributed by atoms with Gasteiger partial charge in [0.2, 0.25) is 0 Å². The summed E-state index contributed by atoms with van der Waals surface area (Å²) in [7, 11) is 1.30. The number of methoxy groups -OCH3 is 1. The molecule has 1 fully saturated rings. The van der Waals surface area contributed by atoms with E-state index < -0.39 is 46.8 Å². The Morgan fingerprint density at radius 2 is 1.45 bits per heavy atom. The van der Waals surface area contributed by atoms with Gasteiger partial charge in [-0.05, 0) is 98.3 Å². The van der Waals surface area contributed by atoms with Gasteiger partial charge in [-0.2, -0.15) is 13.2 Å². The van der Waals surface area contributed by atoms with E-state index in [0.717, 1.165) is 17.7 Å². The van der Waals surface area contributed by atoms with Crippen LogP contribution in [-0.4, -0.2) is 60.3 Å². The first-order valence-corrected chi connectivity index (χ1v) is 14.3. The predicted molar refractivity (Wildman–Crippen MR) is 154 cm³/mol.